The molecular formula is C21H21NO2. The minimum atomic E-state index is -0.279. The molecule has 3 nitrogen and oxygen atoms in total. The van der Waals surface area contributed by atoms with Gasteiger partial charge in [-0.05, 0) is 29.5 Å². The zero-order valence-electron chi connectivity index (χ0n) is 14.1. The fourth-order valence-corrected chi connectivity index (χ4v) is 3.18. The lowest BCUT2D eigenvalue weighted by Crippen LogP contribution is -2.28. The van der Waals surface area contributed by atoms with Gasteiger partial charge in [-0.2, -0.15) is 0 Å². The van der Waals surface area contributed by atoms with Crippen molar-refractivity contribution in [3.63, 3.8) is 0 Å². The first-order chi connectivity index (χ1) is 11.7. The maximum absolute atomic E-state index is 12.9. The second-order valence-electron chi connectivity index (χ2n) is 5.89. The van der Waals surface area contributed by atoms with E-state index in [1.807, 2.05) is 43.3 Å². The molecule has 24 heavy (non-hydrogen) atoms. The molecule has 1 amide bonds. The molecule has 3 rings (SSSR count). The zero-order valence-corrected chi connectivity index (χ0v) is 14.1. The van der Waals surface area contributed by atoms with E-state index in [1.54, 1.807) is 6.07 Å². The van der Waals surface area contributed by atoms with Crippen LogP contribution >= 0.6 is 0 Å². The van der Waals surface area contributed by atoms with Gasteiger partial charge in [0.1, 0.15) is 0 Å². The van der Waals surface area contributed by atoms with Crippen molar-refractivity contribution in [3.05, 3.63) is 76.4 Å². The Morgan fingerprint density at radius 3 is 2.21 bits per heavy atom. The highest BCUT2D eigenvalue weighted by Gasteiger charge is 2.34. The number of Topliss-reactive ketones (excluding diaryl/α,β-unsaturated/α-hetero) is 1. The SMILES string of the molecule is CCCNC(=O)C1=C(c2ccccc2CC)c2ccccc2C1=O. The fraction of sp³-hybridized carbons (Fsp3) is 0.238. The van der Waals surface area contributed by atoms with Gasteiger partial charge in [0.15, 0.2) is 5.78 Å². The number of rotatable bonds is 5. The Bertz CT molecular complexity index is 833. The van der Waals surface area contributed by atoms with Crippen LogP contribution in [0.4, 0.5) is 0 Å². The van der Waals surface area contributed by atoms with Crippen LogP contribution in [0.2, 0.25) is 0 Å². The van der Waals surface area contributed by atoms with Crippen molar-refractivity contribution < 1.29 is 9.59 Å². The van der Waals surface area contributed by atoms with Gasteiger partial charge in [-0.1, -0.05) is 62.4 Å². The van der Waals surface area contributed by atoms with Gasteiger partial charge in [0.05, 0.1) is 5.57 Å². The standard InChI is InChI=1S/C21H21NO2/c1-3-13-22-21(24)19-18(15-10-6-5-9-14(15)4-2)16-11-7-8-12-17(16)20(19)23/h5-12H,3-4,13H2,1-2H3,(H,22,24). The minimum Gasteiger partial charge on any atom is -0.352 e. The van der Waals surface area contributed by atoms with E-state index in [9.17, 15) is 9.59 Å². The number of benzene rings is 2. The van der Waals surface area contributed by atoms with Gasteiger partial charge < -0.3 is 5.32 Å². The Morgan fingerprint density at radius 1 is 0.917 bits per heavy atom. The van der Waals surface area contributed by atoms with Crippen molar-refractivity contribution in [2.24, 2.45) is 0 Å². The largest absolute Gasteiger partial charge is 0.352 e. The summed E-state index contributed by atoms with van der Waals surface area (Å²) in [5.74, 6) is -0.459. The molecule has 2 aromatic rings. The fourth-order valence-electron chi connectivity index (χ4n) is 3.18. The van der Waals surface area contributed by atoms with E-state index in [2.05, 4.69) is 18.3 Å². The molecule has 0 spiro atoms. The van der Waals surface area contributed by atoms with Crippen molar-refractivity contribution >= 4 is 17.3 Å². The summed E-state index contributed by atoms with van der Waals surface area (Å²) in [6.45, 7) is 4.64. The monoisotopic (exact) mass is 319 g/mol. The summed E-state index contributed by atoms with van der Waals surface area (Å²) in [5, 5.41) is 2.86. The third-order valence-corrected chi connectivity index (χ3v) is 4.35. The predicted octanol–water partition coefficient (Wildman–Crippen LogP) is 3.77. The van der Waals surface area contributed by atoms with Gasteiger partial charge in [0.2, 0.25) is 0 Å². The molecule has 0 saturated carbocycles. The van der Waals surface area contributed by atoms with Crippen molar-refractivity contribution in [1.29, 1.82) is 0 Å². The quantitative estimate of drug-likeness (QED) is 0.853. The van der Waals surface area contributed by atoms with Crippen LogP contribution in [-0.4, -0.2) is 18.2 Å². The minimum absolute atomic E-state index is 0.180. The highest BCUT2D eigenvalue weighted by Crippen LogP contribution is 2.38. The number of hydrogen-bond acceptors (Lipinski definition) is 2. The van der Waals surface area contributed by atoms with E-state index in [-0.39, 0.29) is 17.3 Å². The van der Waals surface area contributed by atoms with Crippen LogP contribution in [0.3, 0.4) is 0 Å². The van der Waals surface area contributed by atoms with Crippen LogP contribution in [0.25, 0.3) is 5.57 Å². The summed E-state index contributed by atoms with van der Waals surface area (Å²) < 4.78 is 0. The van der Waals surface area contributed by atoms with Crippen LogP contribution < -0.4 is 5.32 Å². The molecule has 0 aromatic heterocycles. The van der Waals surface area contributed by atoms with Crippen LogP contribution in [0.1, 0.15) is 47.3 Å². The molecule has 1 N–H and O–H groups in total. The molecule has 1 aliphatic rings. The lowest BCUT2D eigenvalue weighted by molar-refractivity contribution is -0.117. The molecular weight excluding hydrogens is 298 g/mol. The van der Waals surface area contributed by atoms with Crippen LogP contribution in [0.15, 0.2) is 54.1 Å². The first-order valence-electron chi connectivity index (χ1n) is 8.43. The number of ketones is 1. The molecule has 0 aliphatic heterocycles. The molecule has 0 bridgehead atoms. The van der Waals surface area contributed by atoms with Crippen molar-refractivity contribution in [1.82, 2.24) is 5.32 Å². The lowest BCUT2D eigenvalue weighted by Gasteiger charge is -2.12. The topological polar surface area (TPSA) is 46.2 Å². The second kappa shape index (κ2) is 6.83. The highest BCUT2D eigenvalue weighted by molar-refractivity contribution is 6.36. The smallest absolute Gasteiger partial charge is 0.255 e. The Labute approximate surface area is 142 Å². The second-order valence-corrected chi connectivity index (χ2v) is 5.89. The molecule has 0 fully saturated rings. The van der Waals surface area contributed by atoms with Gasteiger partial charge >= 0.3 is 0 Å². The van der Waals surface area contributed by atoms with E-state index in [0.29, 0.717) is 12.1 Å². The summed E-state index contributed by atoms with van der Waals surface area (Å²) >= 11 is 0. The molecule has 2 aromatic carbocycles. The summed E-state index contributed by atoms with van der Waals surface area (Å²) in [7, 11) is 0. The Hall–Kier alpha value is -2.68. The first kappa shape index (κ1) is 16.2. The van der Waals surface area contributed by atoms with E-state index in [1.165, 1.54) is 0 Å². The van der Waals surface area contributed by atoms with E-state index in [0.717, 1.165) is 35.1 Å². The number of fused-ring (bicyclic) bond motifs is 1. The molecule has 0 unspecified atom stereocenters. The lowest BCUT2D eigenvalue weighted by atomic mass is 9.92. The number of hydrogen-bond donors (Lipinski definition) is 1. The zero-order chi connectivity index (χ0) is 17.1. The van der Waals surface area contributed by atoms with Crippen molar-refractivity contribution in [2.45, 2.75) is 26.7 Å². The average molecular weight is 319 g/mol. The molecule has 122 valence electrons. The average Bonchev–Trinajstić information content (AvgIpc) is 2.92. The van der Waals surface area contributed by atoms with Gasteiger partial charge in [0.25, 0.3) is 5.91 Å². The van der Waals surface area contributed by atoms with Gasteiger partial charge in [-0.3, -0.25) is 9.59 Å². The summed E-state index contributed by atoms with van der Waals surface area (Å²) in [4.78, 5) is 25.5. The Morgan fingerprint density at radius 2 is 1.54 bits per heavy atom. The van der Waals surface area contributed by atoms with Gasteiger partial charge in [-0.15, -0.1) is 0 Å². The normalized spacial score (nSPS) is 13.2. The first-order valence-corrected chi connectivity index (χ1v) is 8.43. The van der Waals surface area contributed by atoms with Crippen molar-refractivity contribution in [2.75, 3.05) is 6.54 Å². The van der Waals surface area contributed by atoms with Gasteiger partial charge in [0, 0.05) is 17.7 Å². The number of amides is 1. The number of carbonyl (C=O) groups excluding carboxylic acids is 2. The molecule has 0 atom stereocenters. The molecule has 0 heterocycles. The number of aryl methyl sites for hydroxylation is 1. The van der Waals surface area contributed by atoms with Gasteiger partial charge in [-0.25, -0.2) is 0 Å². The van der Waals surface area contributed by atoms with Crippen LogP contribution in [0.5, 0.6) is 0 Å². The number of nitrogens with one attached hydrogen (secondary N) is 1. The van der Waals surface area contributed by atoms with Crippen LogP contribution in [0, 0.1) is 0 Å². The predicted molar refractivity (Wildman–Crippen MR) is 95.9 cm³/mol. The number of carbonyl (C=O) groups is 2. The summed E-state index contributed by atoms with van der Waals surface area (Å²) in [6.07, 6.45) is 1.68. The molecule has 3 heteroatoms. The Kier molecular flexibility index (Phi) is 4.61. The van der Waals surface area contributed by atoms with E-state index >= 15 is 0 Å². The third-order valence-electron chi connectivity index (χ3n) is 4.35. The highest BCUT2D eigenvalue weighted by atomic mass is 16.2. The molecule has 1 aliphatic carbocycles. The van der Waals surface area contributed by atoms with Crippen molar-refractivity contribution in [3.8, 4) is 0 Å². The maximum Gasteiger partial charge on any atom is 0.255 e. The molecule has 0 saturated heterocycles. The Balaban J connectivity index is 2.23. The summed E-state index contributed by atoms with van der Waals surface area (Å²) in [6, 6.07) is 15.5. The third kappa shape index (κ3) is 2.67. The van der Waals surface area contributed by atoms with E-state index < -0.39 is 0 Å². The van der Waals surface area contributed by atoms with E-state index in [4.69, 9.17) is 0 Å². The molecule has 0 radical (unpaired) electrons. The van der Waals surface area contributed by atoms with Crippen LogP contribution in [-0.2, 0) is 11.2 Å². The summed E-state index contributed by atoms with van der Waals surface area (Å²) in [5.41, 5.74) is 4.61. The maximum atomic E-state index is 12.9.